The second kappa shape index (κ2) is 4.72. The molecule has 0 aliphatic heterocycles. The van der Waals surface area contributed by atoms with Crippen molar-refractivity contribution in [2.24, 2.45) is 0 Å². The maximum absolute atomic E-state index is 13.7. The Bertz CT molecular complexity index is 770. The zero-order chi connectivity index (χ0) is 14.1. The molecular weight excluding hydrogens is 266 g/mol. The molecule has 2 aromatic heterocycles. The summed E-state index contributed by atoms with van der Waals surface area (Å²) in [5.74, 6) is -1.27. The lowest BCUT2D eigenvalue weighted by molar-refractivity contribution is 0.512. The average molecular weight is 276 g/mol. The fourth-order valence-corrected chi connectivity index (χ4v) is 1.76. The van der Waals surface area contributed by atoms with Crippen molar-refractivity contribution in [3.8, 4) is 0 Å². The van der Waals surface area contributed by atoms with Crippen LogP contribution in [-0.2, 0) is 0 Å². The minimum Gasteiger partial charge on any atom is -0.357 e. The van der Waals surface area contributed by atoms with Crippen LogP contribution in [-0.4, -0.2) is 27.0 Å². The molecule has 102 valence electrons. The van der Waals surface area contributed by atoms with Gasteiger partial charge in [0.2, 0.25) is 5.95 Å². The highest BCUT2D eigenvalue weighted by atomic mass is 19.2. The average Bonchev–Trinajstić information content (AvgIpc) is 2.92. The van der Waals surface area contributed by atoms with Gasteiger partial charge in [0.05, 0.1) is 12.0 Å². The topological polar surface area (TPSA) is 78.5 Å². The second-order valence-electron chi connectivity index (χ2n) is 3.97. The lowest BCUT2D eigenvalue weighted by atomic mass is 10.3. The van der Waals surface area contributed by atoms with E-state index in [4.69, 9.17) is 0 Å². The number of rotatable bonds is 3. The smallest absolute Gasteiger partial charge is 0.226 e. The van der Waals surface area contributed by atoms with E-state index in [1.807, 2.05) is 0 Å². The summed E-state index contributed by atoms with van der Waals surface area (Å²) in [6.45, 7) is 0. The summed E-state index contributed by atoms with van der Waals surface area (Å²) < 4.78 is 26.9. The van der Waals surface area contributed by atoms with Crippen LogP contribution in [0.2, 0.25) is 0 Å². The SMILES string of the molecule is CNc1nc(Nc2cccc(F)c2F)c2[nH]cnc2n1. The molecule has 0 atom stereocenters. The van der Waals surface area contributed by atoms with Crippen LogP contribution in [0.4, 0.5) is 26.2 Å². The van der Waals surface area contributed by atoms with E-state index in [-0.39, 0.29) is 5.69 Å². The number of benzene rings is 1. The number of aromatic amines is 1. The van der Waals surface area contributed by atoms with Gasteiger partial charge in [0.15, 0.2) is 23.1 Å². The molecule has 3 rings (SSSR count). The molecular formula is C12H10F2N6. The monoisotopic (exact) mass is 276 g/mol. The van der Waals surface area contributed by atoms with Crippen LogP contribution in [0, 0.1) is 11.6 Å². The van der Waals surface area contributed by atoms with Crippen LogP contribution in [0.5, 0.6) is 0 Å². The highest BCUT2D eigenvalue weighted by molar-refractivity contribution is 5.86. The van der Waals surface area contributed by atoms with Crippen molar-refractivity contribution in [3.63, 3.8) is 0 Å². The van der Waals surface area contributed by atoms with E-state index in [1.165, 1.54) is 18.5 Å². The Kier molecular flexibility index (Phi) is 2.90. The van der Waals surface area contributed by atoms with E-state index in [0.29, 0.717) is 22.9 Å². The molecule has 8 heteroatoms. The zero-order valence-electron chi connectivity index (χ0n) is 10.4. The summed E-state index contributed by atoms with van der Waals surface area (Å²) in [7, 11) is 1.65. The highest BCUT2D eigenvalue weighted by Gasteiger charge is 2.13. The van der Waals surface area contributed by atoms with Gasteiger partial charge in [0.1, 0.15) is 5.52 Å². The number of hydrogen-bond acceptors (Lipinski definition) is 5. The maximum Gasteiger partial charge on any atom is 0.226 e. The number of hydrogen-bond donors (Lipinski definition) is 3. The minimum absolute atomic E-state index is 0.0124. The summed E-state index contributed by atoms with van der Waals surface area (Å²) >= 11 is 0. The van der Waals surface area contributed by atoms with Gasteiger partial charge in [-0.2, -0.15) is 9.97 Å². The molecule has 20 heavy (non-hydrogen) atoms. The molecule has 3 aromatic rings. The molecule has 0 fully saturated rings. The third-order valence-electron chi connectivity index (χ3n) is 2.71. The van der Waals surface area contributed by atoms with E-state index < -0.39 is 11.6 Å². The van der Waals surface area contributed by atoms with Gasteiger partial charge < -0.3 is 15.6 Å². The lowest BCUT2D eigenvalue weighted by Crippen LogP contribution is -2.03. The Labute approximate surface area is 112 Å². The van der Waals surface area contributed by atoms with Gasteiger partial charge in [-0.05, 0) is 12.1 Å². The Hall–Kier alpha value is -2.77. The van der Waals surface area contributed by atoms with Crippen molar-refractivity contribution < 1.29 is 8.78 Å². The summed E-state index contributed by atoms with van der Waals surface area (Å²) in [6.07, 6.45) is 1.45. The number of H-pyrrole nitrogens is 1. The normalized spacial score (nSPS) is 10.8. The van der Waals surface area contributed by atoms with Crippen molar-refractivity contribution in [1.29, 1.82) is 0 Å². The Morgan fingerprint density at radius 2 is 2.05 bits per heavy atom. The molecule has 6 nitrogen and oxygen atoms in total. The summed E-state index contributed by atoms with van der Waals surface area (Å²) in [5.41, 5.74) is 0.915. The van der Waals surface area contributed by atoms with Gasteiger partial charge in [-0.3, -0.25) is 0 Å². The lowest BCUT2D eigenvalue weighted by Gasteiger charge is -2.09. The van der Waals surface area contributed by atoms with Crippen LogP contribution in [0.3, 0.4) is 0 Å². The maximum atomic E-state index is 13.7. The Balaban J connectivity index is 2.10. The molecule has 0 spiro atoms. The second-order valence-corrected chi connectivity index (χ2v) is 3.97. The van der Waals surface area contributed by atoms with Crippen molar-refractivity contribution in [1.82, 2.24) is 19.9 Å². The Morgan fingerprint density at radius 1 is 1.20 bits per heavy atom. The number of nitrogens with zero attached hydrogens (tertiary/aromatic N) is 3. The fourth-order valence-electron chi connectivity index (χ4n) is 1.76. The molecule has 2 heterocycles. The van der Waals surface area contributed by atoms with Crippen LogP contribution >= 0.6 is 0 Å². The van der Waals surface area contributed by atoms with Gasteiger partial charge in [-0.15, -0.1) is 0 Å². The number of halogens is 2. The first kappa shape index (κ1) is 12.3. The van der Waals surface area contributed by atoms with Crippen LogP contribution in [0.25, 0.3) is 11.2 Å². The largest absolute Gasteiger partial charge is 0.357 e. The van der Waals surface area contributed by atoms with Gasteiger partial charge in [0.25, 0.3) is 0 Å². The standard InChI is InChI=1S/C12H10F2N6/c1-15-12-19-10-9(16-5-17-10)11(20-12)18-7-4-2-3-6(13)8(7)14/h2-5H,1H3,(H3,15,16,17,18,19,20). The zero-order valence-corrected chi connectivity index (χ0v) is 10.4. The third kappa shape index (κ3) is 2.00. The first-order valence-corrected chi connectivity index (χ1v) is 5.79. The third-order valence-corrected chi connectivity index (χ3v) is 2.71. The minimum atomic E-state index is -0.968. The highest BCUT2D eigenvalue weighted by Crippen LogP contribution is 2.25. The van der Waals surface area contributed by atoms with Gasteiger partial charge in [0, 0.05) is 7.05 Å². The molecule has 0 saturated heterocycles. The molecule has 0 aliphatic rings. The number of imidazole rings is 1. The van der Waals surface area contributed by atoms with Crippen molar-refractivity contribution in [3.05, 3.63) is 36.2 Å². The molecule has 3 N–H and O–H groups in total. The molecule has 0 amide bonds. The van der Waals surface area contributed by atoms with E-state index in [1.54, 1.807) is 7.05 Å². The first-order valence-electron chi connectivity index (χ1n) is 5.79. The first-order chi connectivity index (χ1) is 9.69. The van der Waals surface area contributed by atoms with Gasteiger partial charge in [-0.1, -0.05) is 6.07 Å². The van der Waals surface area contributed by atoms with Gasteiger partial charge >= 0.3 is 0 Å². The summed E-state index contributed by atoms with van der Waals surface area (Å²) in [4.78, 5) is 15.2. The van der Waals surface area contributed by atoms with E-state index >= 15 is 0 Å². The molecule has 0 unspecified atom stereocenters. The molecule has 0 aliphatic carbocycles. The predicted octanol–water partition coefficient (Wildman–Crippen LogP) is 2.42. The van der Waals surface area contributed by atoms with Crippen LogP contribution in [0.1, 0.15) is 0 Å². The van der Waals surface area contributed by atoms with Crippen molar-refractivity contribution in [2.75, 3.05) is 17.7 Å². The quantitative estimate of drug-likeness (QED) is 0.684. The number of fused-ring (bicyclic) bond motifs is 1. The van der Waals surface area contributed by atoms with Gasteiger partial charge in [-0.25, -0.2) is 13.8 Å². The molecule has 1 aromatic carbocycles. The number of aromatic nitrogens is 4. The van der Waals surface area contributed by atoms with Crippen molar-refractivity contribution >= 4 is 28.6 Å². The summed E-state index contributed by atoms with van der Waals surface area (Å²) in [6, 6.07) is 3.87. The Morgan fingerprint density at radius 3 is 2.85 bits per heavy atom. The number of nitrogens with one attached hydrogen (secondary N) is 3. The summed E-state index contributed by atoms with van der Waals surface area (Å²) in [5, 5.41) is 5.52. The number of anilines is 3. The van der Waals surface area contributed by atoms with Crippen molar-refractivity contribution in [2.45, 2.75) is 0 Å². The van der Waals surface area contributed by atoms with E-state index in [0.717, 1.165) is 6.07 Å². The van der Waals surface area contributed by atoms with E-state index in [2.05, 4.69) is 30.6 Å². The molecule has 0 radical (unpaired) electrons. The molecule has 0 saturated carbocycles. The van der Waals surface area contributed by atoms with Crippen LogP contribution < -0.4 is 10.6 Å². The predicted molar refractivity (Wildman–Crippen MR) is 70.9 cm³/mol. The fraction of sp³-hybridized carbons (Fsp3) is 0.0833. The van der Waals surface area contributed by atoms with Crippen LogP contribution in [0.15, 0.2) is 24.5 Å². The van der Waals surface area contributed by atoms with E-state index in [9.17, 15) is 8.78 Å². The molecule has 0 bridgehead atoms.